The average Bonchev–Trinajstić information content (AvgIpc) is 2.79. The predicted molar refractivity (Wildman–Crippen MR) is 60.9 cm³/mol. The van der Waals surface area contributed by atoms with E-state index < -0.39 is 0 Å². The molecule has 2 fully saturated rings. The van der Waals surface area contributed by atoms with E-state index in [2.05, 4.69) is 15.1 Å². The van der Waals surface area contributed by atoms with Crippen LogP contribution in [-0.4, -0.2) is 42.3 Å². The Kier molecular flexibility index (Phi) is 2.60. The Hall–Kier alpha value is -1.40. The van der Waals surface area contributed by atoms with Crippen LogP contribution in [0.3, 0.4) is 0 Å². The van der Waals surface area contributed by atoms with Gasteiger partial charge < -0.3 is 14.4 Å². The highest BCUT2D eigenvalue weighted by molar-refractivity contribution is 5.43. The number of anilines is 1. The van der Waals surface area contributed by atoms with Crippen molar-refractivity contribution in [2.75, 3.05) is 31.2 Å². The fourth-order valence-electron chi connectivity index (χ4n) is 2.43. The lowest BCUT2D eigenvalue weighted by Crippen LogP contribution is -2.45. The Morgan fingerprint density at radius 1 is 1.29 bits per heavy atom. The minimum Gasteiger partial charge on any atom is -0.370 e. The van der Waals surface area contributed by atoms with Crippen molar-refractivity contribution in [2.45, 2.75) is 18.6 Å². The van der Waals surface area contributed by atoms with E-state index in [1.54, 1.807) is 12.3 Å². The molecule has 2 aliphatic heterocycles. The topological polar surface area (TPSA) is 67.5 Å². The third-order valence-electron chi connectivity index (χ3n) is 3.35. The van der Waals surface area contributed by atoms with Crippen LogP contribution in [0, 0.1) is 0 Å². The molecule has 6 heteroatoms. The van der Waals surface area contributed by atoms with Gasteiger partial charge in [-0.25, -0.2) is 5.10 Å². The lowest BCUT2D eigenvalue weighted by atomic mass is 10.0. The van der Waals surface area contributed by atoms with E-state index in [4.69, 9.17) is 9.47 Å². The van der Waals surface area contributed by atoms with E-state index in [0.29, 0.717) is 13.2 Å². The molecule has 2 aliphatic rings. The third-order valence-corrected chi connectivity index (χ3v) is 3.35. The van der Waals surface area contributed by atoms with E-state index in [-0.39, 0.29) is 11.3 Å². The van der Waals surface area contributed by atoms with Crippen LogP contribution in [0.1, 0.15) is 12.8 Å². The second-order valence-corrected chi connectivity index (χ2v) is 4.40. The number of H-pyrrole nitrogens is 1. The molecule has 0 atom stereocenters. The zero-order valence-corrected chi connectivity index (χ0v) is 9.52. The van der Waals surface area contributed by atoms with Gasteiger partial charge in [0.1, 0.15) is 0 Å². The first-order chi connectivity index (χ1) is 8.27. The standard InChI is InChI=1S/C11H15N3O3/c15-10-7-9(8-12-13-10)14-3-1-11(2-4-14)16-5-6-17-11/h7-8H,1-6H2,(H,13,15). The fraction of sp³-hybridized carbons (Fsp3) is 0.636. The van der Waals surface area contributed by atoms with Crippen molar-refractivity contribution < 1.29 is 9.47 Å². The largest absolute Gasteiger partial charge is 0.370 e. The van der Waals surface area contributed by atoms with Gasteiger partial charge in [-0.3, -0.25) is 4.79 Å². The molecule has 92 valence electrons. The second-order valence-electron chi connectivity index (χ2n) is 4.40. The first kappa shape index (κ1) is 10.7. The van der Waals surface area contributed by atoms with Crippen LogP contribution in [0.5, 0.6) is 0 Å². The molecule has 0 radical (unpaired) electrons. The van der Waals surface area contributed by atoms with E-state index in [1.807, 2.05) is 0 Å². The Morgan fingerprint density at radius 2 is 2.00 bits per heavy atom. The summed E-state index contributed by atoms with van der Waals surface area (Å²) in [5.41, 5.74) is 0.692. The molecule has 0 unspecified atom stereocenters. The minimum absolute atomic E-state index is 0.170. The van der Waals surface area contributed by atoms with Crippen LogP contribution in [-0.2, 0) is 9.47 Å². The molecule has 0 aromatic carbocycles. The van der Waals surface area contributed by atoms with Gasteiger partial charge in [0.2, 0.25) is 0 Å². The normalized spacial score (nSPS) is 23.2. The monoisotopic (exact) mass is 237 g/mol. The van der Waals surface area contributed by atoms with Crippen LogP contribution in [0.4, 0.5) is 5.69 Å². The van der Waals surface area contributed by atoms with Crippen molar-refractivity contribution in [1.29, 1.82) is 0 Å². The number of nitrogens with one attached hydrogen (secondary N) is 1. The number of aromatic nitrogens is 2. The first-order valence-corrected chi connectivity index (χ1v) is 5.85. The molecule has 1 aromatic heterocycles. The molecule has 17 heavy (non-hydrogen) atoms. The highest BCUT2D eigenvalue weighted by atomic mass is 16.7. The summed E-state index contributed by atoms with van der Waals surface area (Å²) in [5.74, 6) is -0.370. The van der Waals surface area contributed by atoms with Crippen LogP contribution < -0.4 is 10.5 Å². The minimum atomic E-state index is -0.370. The molecule has 2 saturated heterocycles. The lowest BCUT2D eigenvalue weighted by Gasteiger charge is -2.38. The summed E-state index contributed by atoms with van der Waals surface area (Å²) in [6.45, 7) is 3.02. The number of nitrogens with zero attached hydrogens (tertiary/aromatic N) is 2. The van der Waals surface area contributed by atoms with Crippen LogP contribution in [0.2, 0.25) is 0 Å². The fourth-order valence-corrected chi connectivity index (χ4v) is 2.43. The van der Waals surface area contributed by atoms with Gasteiger partial charge in [-0.1, -0.05) is 0 Å². The van der Waals surface area contributed by atoms with Crippen LogP contribution >= 0.6 is 0 Å². The van der Waals surface area contributed by atoms with E-state index >= 15 is 0 Å². The van der Waals surface area contributed by atoms with Crippen LogP contribution in [0.15, 0.2) is 17.1 Å². The number of hydrogen-bond acceptors (Lipinski definition) is 5. The van der Waals surface area contributed by atoms with Gasteiger partial charge in [-0.2, -0.15) is 5.10 Å². The summed E-state index contributed by atoms with van der Waals surface area (Å²) in [7, 11) is 0. The Balaban J connectivity index is 1.70. The molecule has 6 nitrogen and oxygen atoms in total. The van der Waals surface area contributed by atoms with Gasteiger partial charge >= 0.3 is 0 Å². The number of ether oxygens (including phenoxy) is 2. The predicted octanol–water partition coefficient (Wildman–Crippen LogP) is 0.113. The molecule has 3 rings (SSSR count). The first-order valence-electron chi connectivity index (χ1n) is 5.85. The van der Waals surface area contributed by atoms with Gasteiger partial charge in [0.15, 0.2) is 5.79 Å². The molecule has 3 heterocycles. The van der Waals surface area contributed by atoms with Gasteiger partial charge in [0, 0.05) is 32.0 Å². The Morgan fingerprint density at radius 3 is 2.65 bits per heavy atom. The Bertz CT molecular complexity index is 443. The summed E-state index contributed by atoms with van der Waals surface area (Å²) in [6.07, 6.45) is 3.34. The van der Waals surface area contributed by atoms with Crippen molar-refractivity contribution in [3.8, 4) is 0 Å². The van der Waals surface area contributed by atoms with Gasteiger partial charge in [0.25, 0.3) is 5.56 Å². The smallest absolute Gasteiger partial charge is 0.266 e. The molecule has 1 N–H and O–H groups in total. The molecule has 1 aromatic rings. The molecule has 0 aliphatic carbocycles. The summed E-state index contributed by atoms with van der Waals surface area (Å²) >= 11 is 0. The zero-order chi connectivity index (χ0) is 11.7. The highest BCUT2D eigenvalue weighted by Gasteiger charge is 2.39. The SMILES string of the molecule is O=c1cc(N2CCC3(CC2)OCCO3)cn[nH]1. The third kappa shape index (κ3) is 2.05. The molecule has 0 amide bonds. The molecule has 0 saturated carbocycles. The van der Waals surface area contributed by atoms with Crippen molar-refractivity contribution in [2.24, 2.45) is 0 Å². The number of rotatable bonds is 1. The lowest BCUT2D eigenvalue weighted by molar-refractivity contribution is -0.169. The van der Waals surface area contributed by atoms with Gasteiger partial charge in [-0.15, -0.1) is 0 Å². The summed E-state index contributed by atoms with van der Waals surface area (Å²) in [4.78, 5) is 13.3. The summed E-state index contributed by atoms with van der Waals surface area (Å²) in [5, 5.41) is 6.18. The quantitative estimate of drug-likeness (QED) is 0.751. The molecule has 0 bridgehead atoms. The zero-order valence-electron chi connectivity index (χ0n) is 9.52. The maximum absolute atomic E-state index is 11.2. The molecular weight excluding hydrogens is 222 g/mol. The summed E-state index contributed by atoms with van der Waals surface area (Å²) in [6, 6.07) is 1.57. The molecule has 1 spiro atoms. The highest BCUT2D eigenvalue weighted by Crippen LogP contribution is 2.32. The number of piperidine rings is 1. The maximum atomic E-state index is 11.2. The number of hydrogen-bond donors (Lipinski definition) is 1. The van der Waals surface area contributed by atoms with E-state index in [0.717, 1.165) is 31.6 Å². The van der Waals surface area contributed by atoms with Crippen molar-refractivity contribution in [3.05, 3.63) is 22.6 Å². The van der Waals surface area contributed by atoms with Gasteiger partial charge in [-0.05, 0) is 0 Å². The van der Waals surface area contributed by atoms with Crippen molar-refractivity contribution >= 4 is 5.69 Å². The van der Waals surface area contributed by atoms with Gasteiger partial charge in [0.05, 0.1) is 25.1 Å². The van der Waals surface area contributed by atoms with Crippen molar-refractivity contribution in [1.82, 2.24) is 10.2 Å². The average molecular weight is 237 g/mol. The number of aromatic amines is 1. The van der Waals surface area contributed by atoms with E-state index in [1.165, 1.54) is 0 Å². The van der Waals surface area contributed by atoms with E-state index in [9.17, 15) is 4.79 Å². The second kappa shape index (κ2) is 4.12. The molecular formula is C11H15N3O3. The summed E-state index contributed by atoms with van der Waals surface area (Å²) < 4.78 is 11.3. The van der Waals surface area contributed by atoms with Crippen molar-refractivity contribution in [3.63, 3.8) is 0 Å². The Labute approximate surface area is 98.5 Å². The maximum Gasteiger partial charge on any atom is 0.266 e. The van der Waals surface area contributed by atoms with Crippen LogP contribution in [0.25, 0.3) is 0 Å².